The summed E-state index contributed by atoms with van der Waals surface area (Å²) in [5, 5.41) is 0. The first kappa shape index (κ1) is 17.9. The molecule has 2 aromatic rings. The number of rotatable bonds is 4. The van der Waals surface area contributed by atoms with Gasteiger partial charge in [-0.05, 0) is 54.8 Å². The van der Waals surface area contributed by atoms with Crippen molar-refractivity contribution in [1.29, 1.82) is 0 Å². The highest BCUT2D eigenvalue weighted by Crippen LogP contribution is 2.35. The monoisotopic (exact) mass is 363 g/mol. The van der Waals surface area contributed by atoms with Gasteiger partial charge in [0.25, 0.3) is 0 Å². The fraction of sp³-hybridized carbons (Fsp3) is 0.368. The van der Waals surface area contributed by atoms with E-state index in [1.807, 2.05) is 24.3 Å². The molecule has 1 saturated heterocycles. The molecule has 1 heterocycles. The van der Waals surface area contributed by atoms with E-state index >= 15 is 0 Å². The van der Waals surface area contributed by atoms with E-state index < -0.39 is 15.8 Å². The van der Waals surface area contributed by atoms with Gasteiger partial charge in [0.2, 0.25) is 10.0 Å². The minimum atomic E-state index is -3.68. The molecular weight excluding hydrogens is 341 g/mol. The Bertz CT molecular complexity index is 804. The van der Waals surface area contributed by atoms with Crippen LogP contribution in [0, 0.1) is 5.82 Å². The van der Waals surface area contributed by atoms with Gasteiger partial charge in [-0.1, -0.05) is 25.0 Å². The number of halogens is 1. The summed E-state index contributed by atoms with van der Waals surface area (Å²) in [5.74, 6) is 0.298. The summed E-state index contributed by atoms with van der Waals surface area (Å²) in [6.07, 6.45) is 3.58. The van der Waals surface area contributed by atoms with Gasteiger partial charge in [0.1, 0.15) is 11.6 Å². The number of methoxy groups -OCH3 is 1. The molecule has 0 saturated carbocycles. The van der Waals surface area contributed by atoms with Crippen molar-refractivity contribution in [1.82, 2.24) is 4.31 Å². The normalized spacial score (nSPS) is 19.4. The van der Waals surface area contributed by atoms with Crippen LogP contribution in [0.3, 0.4) is 0 Å². The van der Waals surface area contributed by atoms with Crippen molar-refractivity contribution < 1.29 is 17.5 Å². The van der Waals surface area contributed by atoms with Crippen LogP contribution < -0.4 is 4.74 Å². The van der Waals surface area contributed by atoms with Crippen molar-refractivity contribution in [2.45, 2.75) is 36.6 Å². The number of sulfonamides is 1. The van der Waals surface area contributed by atoms with Crippen LogP contribution in [-0.4, -0.2) is 26.4 Å². The van der Waals surface area contributed by atoms with Crippen molar-refractivity contribution in [3.63, 3.8) is 0 Å². The smallest absolute Gasteiger partial charge is 0.243 e. The molecule has 1 fully saturated rings. The zero-order valence-corrected chi connectivity index (χ0v) is 15.0. The molecule has 2 aromatic carbocycles. The van der Waals surface area contributed by atoms with Gasteiger partial charge in [-0.3, -0.25) is 0 Å². The molecule has 0 aliphatic carbocycles. The predicted molar refractivity (Wildman–Crippen MR) is 94.5 cm³/mol. The van der Waals surface area contributed by atoms with E-state index in [2.05, 4.69) is 0 Å². The minimum Gasteiger partial charge on any atom is -0.497 e. The Labute approximate surface area is 148 Å². The third-order valence-electron chi connectivity index (χ3n) is 4.62. The second kappa shape index (κ2) is 7.54. The molecule has 0 spiro atoms. The largest absolute Gasteiger partial charge is 0.497 e. The maximum absolute atomic E-state index is 13.2. The molecular formula is C19H22FNO3S. The van der Waals surface area contributed by atoms with E-state index in [-0.39, 0.29) is 10.9 Å². The van der Waals surface area contributed by atoms with E-state index in [0.717, 1.165) is 37.0 Å². The molecule has 1 aliphatic heterocycles. The number of benzene rings is 2. The third-order valence-corrected chi connectivity index (χ3v) is 6.55. The first-order valence-corrected chi connectivity index (χ1v) is 9.88. The van der Waals surface area contributed by atoms with Crippen LogP contribution in [0.2, 0.25) is 0 Å². The Morgan fingerprint density at radius 3 is 2.32 bits per heavy atom. The topological polar surface area (TPSA) is 46.6 Å². The van der Waals surface area contributed by atoms with Crippen LogP contribution in [0.4, 0.5) is 4.39 Å². The average molecular weight is 363 g/mol. The van der Waals surface area contributed by atoms with Crippen molar-refractivity contribution in [3.8, 4) is 5.75 Å². The summed E-state index contributed by atoms with van der Waals surface area (Å²) in [4.78, 5) is 0.134. The van der Waals surface area contributed by atoms with Crippen LogP contribution in [0.25, 0.3) is 0 Å². The number of hydrogen-bond donors (Lipinski definition) is 0. The molecule has 3 rings (SSSR count). The Kier molecular flexibility index (Phi) is 5.39. The van der Waals surface area contributed by atoms with Gasteiger partial charge < -0.3 is 4.74 Å². The van der Waals surface area contributed by atoms with Crippen molar-refractivity contribution in [2.24, 2.45) is 0 Å². The SMILES string of the molecule is COc1ccc([C@H]2CCCCCN2S(=O)(=O)c2ccc(F)cc2)cc1. The first-order valence-electron chi connectivity index (χ1n) is 8.44. The average Bonchev–Trinajstić information content (AvgIpc) is 2.89. The zero-order chi connectivity index (χ0) is 17.9. The van der Waals surface area contributed by atoms with Gasteiger partial charge in [0.15, 0.2) is 0 Å². The summed E-state index contributed by atoms with van der Waals surface area (Å²) in [5.41, 5.74) is 0.952. The molecule has 0 unspecified atom stereocenters. The summed E-state index contributed by atoms with van der Waals surface area (Å²) in [6, 6.07) is 12.4. The van der Waals surface area contributed by atoms with Gasteiger partial charge in [-0.25, -0.2) is 12.8 Å². The molecule has 1 atom stereocenters. The molecule has 0 bridgehead atoms. The van der Waals surface area contributed by atoms with Crippen LogP contribution in [0.15, 0.2) is 53.4 Å². The summed E-state index contributed by atoms with van der Waals surface area (Å²) < 4.78 is 46.2. The van der Waals surface area contributed by atoms with Gasteiger partial charge in [0.05, 0.1) is 18.0 Å². The van der Waals surface area contributed by atoms with E-state index in [9.17, 15) is 12.8 Å². The highest BCUT2D eigenvalue weighted by Gasteiger charge is 2.33. The lowest BCUT2D eigenvalue weighted by Gasteiger charge is -2.29. The second-order valence-corrected chi connectivity index (χ2v) is 8.10. The summed E-state index contributed by atoms with van der Waals surface area (Å²) in [6.45, 7) is 0.469. The van der Waals surface area contributed by atoms with Gasteiger partial charge in [-0.2, -0.15) is 4.31 Å². The number of hydrogen-bond acceptors (Lipinski definition) is 3. The standard InChI is InChI=1S/C19H22FNO3S/c1-24-17-10-6-15(7-11-17)19-5-3-2-4-14-21(19)25(22,23)18-12-8-16(20)9-13-18/h6-13,19H,2-5,14H2,1H3/t19-/m1/s1. The Morgan fingerprint density at radius 1 is 1.00 bits per heavy atom. The van der Waals surface area contributed by atoms with E-state index in [0.29, 0.717) is 6.54 Å². The number of ether oxygens (including phenoxy) is 1. The number of nitrogens with zero attached hydrogens (tertiary/aromatic N) is 1. The molecule has 1 aliphatic rings. The maximum Gasteiger partial charge on any atom is 0.243 e. The van der Waals surface area contributed by atoms with Gasteiger partial charge in [-0.15, -0.1) is 0 Å². The van der Waals surface area contributed by atoms with Crippen molar-refractivity contribution >= 4 is 10.0 Å². The minimum absolute atomic E-state index is 0.134. The van der Waals surface area contributed by atoms with Gasteiger partial charge in [0, 0.05) is 6.54 Å². The van der Waals surface area contributed by atoms with E-state index in [1.54, 1.807) is 11.4 Å². The van der Waals surface area contributed by atoms with Crippen molar-refractivity contribution in [2.75, 3.05) is 13.7 Å². The zero-order valence-electron chi connectivity index (χ0n) is 14.2. The van der Waals surface area contributed by atoms with E-state index in [1.165, 1.54) is 24.3 Å². The molecule has 0 amide bonds. The Balaban J connectivity index is 1.98. The van der Waals surface area contributed by atoms with Gasteiger partial charge >= 0.3 is 0 Å². The summed E-state index contributed by atoms with van der Waals surface area (Å²) >= 11 is 0. The van der Waals surface area contributed by atoms with Crippen LogP contribution in [0.5, 0.6) is 5.75 Å². The Morgan fingerprint density at radius 2 is 1.68 bits per heavy atom. The lowest BCUT2D eigenvalue weighted by atomic mass is 10.0. The Hall–Kier alpha value is -1.92. The lowest BCUT2D eigenvalue weighted by molar-refractivity contribution is 0.328. The molecule has 25 heavy (non-hydrogen) atoms. The van der Waals surface area contributed by atoms with Crippen molar-refractivity contribution in [3.05, 3.63) is 59.9 Å². The molecule has 6 heteroatoms. The lowest BCUT2D eigenvalue weighted by Crippen LogP contribution is -2.34. The van der Waals surface area contributed by atoms with E-state index in [4.69, 9.17) is 4.74 Å². The quantitative estimate of drug-likeness (QED) is 0.820. The molecule has 4 nitrogen and oxygen atoms in total. The van der Waals surface area contributed by atoms with Crippen LogP contribution >= 0.6 is 0 Å². The molecule has 134 valence electrons. The highest BCUT2D eigenvalue weighted by atomic mass is 32.2. The molecule has 0 aromatic heterocycles. The third kappa shape index (κ3) is 3.85. The predicted octanol–water partition coefficient (Wildman–Crippen LogP) is 4.14. The fourth-order valence-corrected chi connectivity index (χ4v) is 4.95. The van der Waals surface area contributed by atoms with Crippen LogP contribution in [0.1, 0.15) is 37.3 Å². The van der Waals surface area contributed by atoms with Crippen LogP contribution in [-0.2, 0) is 10.0 Å². The molecule has 0 N–H and O–H groups in total. The summed E-state index contributed by atoms with van der Waals surface area (Å²) in [7, 11) is -2.08. The first-order chi connectivity index (χ1) is 12.0. The fourth-order valence-electron chi connectivity index (χ4n) is 3.27. The maximum atomic E-state index is 13.2. The highest BCUT2D eigenvalue weighted by molar-refractivity contribution is 7.89. The second-order valence-electron chi connectivity index (χ2n) is 6.21. The molecule has 0 radical (unpaired) electrons.